The maximum Gasteiger partial charge on any atom is 0.530 e. The van der Waals surface area contributed by atoms with E-state index in [1.807, 2.05) is 0 Å². The van der Waals surface area contributed by atoms with Crippen LogP contribution in [0.2, 0.25) is 0 Å². The first kappa shape index (κ1) is 77.2. The summed E-state index contributed by atoms with van der Waals surface area (Å²) >= 11 is 0. The number of amides is 4. The molecule has 0 aromatic heterocycles. The number of carbonyl (C=O) groups excluding carboxylic acids is 6. The number of rotatable bonds is 38. The highest BCUT2D eigenvalue weighted by Gasteiger charge is 2.45. The first-order valence-corrected chi connectivity index (χ1v) is 32.4. The predicted molar refractivity (Wildman–Crippen MR) is 324 cm³/mol. The number of alkyl carbamates (subject to hydrolysis) is 2. The third kappa shape index (κ3) is 25.0. The van der Waals surface area contributed by atoms with Crippen LogP contribution in [-0.2, 0) is 57.8 Å². The highest BCUT2D eigenvalue weighted by atomic mass is 31.2. The smallest absolute Gasteiger partial charge is 0.493 e. The van der Waals surface area contributed by atoms with E-state index in [0.717, 1.165) is 12.1 Å². The van der Waals surface area contributed by atoms with Crippen LogP contribution in [0.15, 0.2) is 55.1 Å². The molecular weight excluding hydrogens is 1300 g/mol. The van der Waals surface area contributed by atoms with Crippen LogP contribution in [0.4, 0.5) is 22.8 Å². The molecule has 3 aromatic rings. The number of carbonyl (C=O) groups is 6. The van der Waals surface area contributed by atoms with E-state index in [4.69, 9.17) is 75.5 Å². The predicted octanol–water partition coefficient (Wildman–Crippen LogP) is 5.68. The second-order valence-electron chi connectivity index (χ2n) is 21.1. The summed E-state index contributed by atoms with van der Waals surface area (Å²) < 4.78 is 149. The summed E-state index contributed by atoms with van der Waals surface area (Å²) in [6.07, 6.45) is -9.09. The number of quaternary nitrogens is 1. The van der Waals surface area contributed by atoms with Crippen molar-refractivity contribution in [2.24, 2.45) is 5.92 Å². The Hall–Kier alpha value is -7.49. The topological polar surface area (TPSA) is 367 Å². The minimum Gasteiger partial charge on any atom is -0.493 e. The summed E-state index contributed by atoms with van der Waals surface area (Å²) in [6.45, 7) is 6.10. The van der Waals surface area contributed by atoms with Crippen molar-refractivity contribution in [1.82, 2.24) is 26.2 Å². The molecule has 94 heavy (non-hydrogen) atoms. The van der Waals surface area contributed by atoms with Gasteiger partial charge in [0.05, 0.1) is 81.6 Å². The molecule has 524 valence electrons. The summed E-state index contributed by atoms with van der Waals surface area (Å²) in [7, 11) is -2.60. The van der Waals surface area contributed by atoms with Crippen LogP contribution in [-0.4, -0.2) is 221 Å². The number of hydrogen-bond acceptors (Lipinski definition) is 24. The molecule has 4 amide bonds. The van der Waals surface area contributed by atoms with Crippen LogP contribution in [0.1, 0.15) is 69.7 Å². The highest BCUT2D eigenvalue weighted by Crippen LogP contribution is 2.54. The quantitative estimate of drug-likeness (QED) is 0.00764. The molecule has 5 rings (SSSR count). The molecule has 2 aliphatic heterocycles. The van der Waals surface area contributed by atoms with Gasteiger partial charge in [-0.15, -0.1) is 0 Å². The molecule has 6 N–H and O–H groups in total. The van der Waals surface area contributed by atoms with Gasteiger partial charge in [0.2, 0.25) is 17.7 Å². The van der Waals surface area contributed by atoms with Crippen LogP contribution < -0.4 is 54.2 Å². The van der Waals surface area contributed by atoms with Gasteiger partial charge in [0.25, 0.3) is 11.8 Å². The number of nitrogens with one attached hydrogen (secondary N) is 4. The molecule has 2 atom stereocenters. The Morgan fingerprint density at radius 2 is 1.38 bits per heavy atom. The van der Waals surface area contributed by atoms with Crippen molar-refractivity contribution in [3.8, 4) is 40.2 Å². The molecular formula is C58H82F3N6O25P2+. The molecule has 0 spiro atoms. The molecule has 31 nitrogen and oxygen atoms in total. The number of Topliss-reactive ketones (excluding diaryl/α,β-unsaturated/α-hetero) is 1. The Kier molecular flexibility index (Phi) is 30.9. The first-order valence-electron chi connectivity index (χ1n) is 29.4. The number of ether oxygens (including phenoxy) is 11. The van der Waals surface area contributed by atoms with Crippen molar-refractivity contribution in [3.63, 3.8) is 0 Å². The van der Waals surface area contributed by atoms with Gasteiger partial charge in [-0.05, 0) is 48.4 Å². The molecule has 2 heterocycles. The van der Waals surface area contributed by atoms with Crippen molar-refractivity contribution < 1.29 is 136 Å². The molecule has 0 saturated carbocycles. The van der Waals surface area contributed by atoms with Gasteiger partial charge in [0.15, 0.2) is 42.1 Å². The molecule has 2 aliphatic rings. The van der Waals surface area contributed by atoms with E-state index in [1.165, 1.54) is 72.0 Å². The highest BCUT2D eigenvalue weighted by molar-refractivity contribution is 7.49. The molecule has 36 heteroatoms. The Bertz CT molecular complexity index is 3080. The monoisotopic (exact) mass is 1380 g/mol. The van der Waals surface area contributed by atoms with Crippen LogP contribution in [0, 0.1) is 5.92 Å². The number of methoxy groups -OCH3 is 5. The fourth-order valence-electron chi connectivity index (χ4n) is 9.15. The van der Waals surface area contributed by atoms with Crippen LogP contribution in [0.25, 0.3) is 0 Å². The lowest BCUT2D eigenvalue weighted by Gasteiger charge is -2.38. The van der Waals surface area contributed by atoms with E-state index in [-0.39, 0.29) is 104 Å². The lowest BCUT2D eigenvalue weighted by molar-refractivity contribution is -0.945. The zero-order valence-electron chi connectivity index (χ0n) is 53.1. The van der Waals surface area contributed by atoms with E-state index in [1.54, 1.807) is 19.2 Å². The number of benzene rings is 3. The third-order valence-electron chi connectivity index (χ3n) is 14.0. The normalized spacial score (nSPS) is 17.9. The molecule has 2 fully saturated rings. The standard InChI is InChI=1S/C58H81F3N6O25P2/c1-9-24-85-56(72)64-17-25-83-26-27-84-51-48(80-6)31-41(32-49(51)81-7)53(70)63-16-11-21-67(22-12-19-66(20-23-67)18-10-15-62-52(69)40-29-46(78-4)50(82-8)47(30-40)79-5)37-88-55(58(59,60)61)65-57(73)87-33-39-13-14-45(43(28-39)54(71)86-36-44(68)38(2)3)92-94(77)89-34-42(35-90-94)91-93(74,75)76/h9,13-14,28-32,38,42,55H,1,10-12,15-27,33-37H2,2-8H3,(H5-,62,63,64,65,69,70,72,73,74,75,76)/p+1. The van der Waals surface area contributed by atoms with Crippen molar-refractivity contribution in [2.75, 3.05) is 147 Å². The summed E-state index contributed by atoms with van der Waals surface area (Å²) in [5.41, 5.74) is -0.175. The molecule has 2 unspecified atom stereocenters. The molecule has 0 aliphatic carbocycles. The number of alkyl halides is 3. The molecule has 0 radical (unpaired) electrons. The molecule has 3 aromatic carbocycles. The first-order chi connectivity index (χ1) is 44.7. The fourth-order valence-corrected chi connectivity index (χ4v) is 10.9. The lowest BCUT2D eigenvalue weighted by atomic mass is 10.1. The Morgan fingerprint density at radius 1 is 0.766 bits per heavy atom. The second-order valence-corrected chi connectivity index (χ2v) is 23.9. The molecule has 0 bridgehead atoms. The zero-order valence-corrected chi connectivity index (χ0v) is 54.9. The summed E-state index contributed by atoms with van der Waals surface area (Å²) in [4.78, 5) is 97.9. The summed E-state index contributed by atoms with van der Waals surface area (Å²) in [6, 6.07) is 9.14. The number of ketones is 1. The van der Waals surface area contributed by atoms with Crippen molar-refractivity contribution in [1.29, 1.82) is 0 Å². The van der Waals surface area contributed by atoms with Gasteiger partial charge in [0.1, 0.15) is 37.2 Å². The summed E-state index contributed by atoms with van der Waals surface area (Å²) in [5.74, 6) is -2.31. The van der Waals surface area contributed by atoms with Gasteiger partial charge in [-0.3, -0.25) is 47.4 Å². The minimum absolute atomic E-state index is 0.0385. The van der Waals surface area contributed by atoms with Gasteiger partial charge in [-0.2, -0.15) is 13.2 Å². The van der Waals surface area contributed by atoms with E-state index in [2.05, 4.69) is 32.0 Å². The van der Waals surface area contributed by atoms with Gasteiger partial charge < -0.3 is 77.6 Å². The van der Waals surface area contributed by atoms with Gasteiger partial charge in [-0.1, -0.05) is 32.6 Å². The average molecular weight is 1380 g/mol. The SMILES string of the molecule is C=CCOC(=O)NCCOCCOc1c(OC)cc(C(=O)NCCC[N+]2(COC(NC(=O)OCc3ccc(OP4(=O)OCC(OP(=O)(O)O)CO4)c(C(=O)OCC(=O)C(C)C)c3)C(F)(F)F)CCCN(CCCNC(=O)c3cc(OC)c(OC)c(OC)c3)CC2)cc1OC. The van der Waals surface area contributed by atoms with Crippen LogP contribution >= 0.6 is 15.6 Å². The largest absolute Gasteiger partial charge is 0.530 e. The maximum atomic E-state index is 14.9. The zero-order chi connectivity index (χ0) is 69.1. The van der Waals surface area contributed by atoms with E-state index < -0.39 is 120 Å². The Labute approximate surface area is 540 Å². The maximum absolute atomic E-state index is 14.9. The Morgan fingerprint density at radius 3 is 1.96 bits per heavy atom. The van der Waals surface area contributed by atoms with Gasteiger partial charge in [0, 0.05) is 69.2 Å². The van der Waals surface area contributed by atoms with Crippen LogP contribution in [0.3, 0.4) is 0 Å². The average Bonchev–Trinajstić information content (AvgIpc) is 0.951. The number of phosphoric acid groups is 2. The Balaban J connectivity index is 1.27. The fraction of sp³-hybridized carbons (Fsp3) is 0.552. The third-order valence-corrected chi connectivity index (χ3v) is 15.9. The van der Waals surface area contributed by atoms with Crippen molar-refractivity contribution in [3.05, 3.63) is 77.4 Å². The molecule has 2 saturated heterocycles. The summed E-state index contributed by atoms with van der Waals surface area (Å²) in [5, 5.41) is 9.98. The second kappa shape index (κ2) is 37.6. The number of hydrogen-bond donors (Lipinski definition) is 6. The number of esters is 1. The van der Waals surface area contributed by atoms with Gasteiger partial charge >= 0.3 is 40.0 Å². The van der Waals surface area contributed by atoms with Crippen molar-refractivity contribution in [2.45, 2.75) is 58.2 Å². The van der Waals surface area contributed by atoms with E-state index in [0.29, 0.717) is 56.3 Å². The van der Waals surface area contributed by atoms with Gasteiger partial charge in [-0.25, -0.2) is 23.5 Å². The van der Waals surface area contributed by atoms with E-state index in [9.17, 15) is 51.1 Å². The number of nitrogens with zero attached hydrogens (tertiary/aromatic N) is 2. The van der Waals surface area contributed by atoms with Crippen molar-refractivity contribution >= 4 is 51.4 Å². The lowest BCUT2D eigenvalue weighted by Crippen LogP contribution is -2.56. The van der Waals surface area contributed by atoms with E-state index >= 15 is 0 Å². The number of halogens is 3. The number of phosphoric ester groups is 2. The van der Waals surface area contributed by atoms with Crippen LogP contribution in [0.5, 0.6) is 40.2 Å². The minimum atomic E-state index is -5.20.